The summed E-state index contributed by atoms with van der Waals surface area (Å²) in [7, 11) is 0. The van der Waals surface area contributed by atoms with Gasteiger partial charge in [0.2, 0.25) is 5.91 Å². The highest BCUT2D eigenvalue weighted by Gasteiger charge is 2.36. The number of carbonyl (C=O) groups is 2. The van der Waals surface area contributed by atoms with Gasteiger partial charge in [0.15, 0.2) is 0 Å². The van der Waals surface area contributed by atoms with Crippen molar-refractivity contribution in [3.8, 4) is 0 Å². The Labute approximate surface area is 104 Å². The van der Waals surface area contributed by atoms with Crippen molar-refractivity contribution in [1.82, 2.24) is 4.90 Å². The number of carboxylic acids is 1. The molecule has 1 unspecified atom stereocenters. The van der Waals surface area contributed by atoms with E-state index in [1.54, 1.807) is 17.0 Å². The van der Waals surface area contributed by atoms with Gasteiger partial charge in [0, 0.05) is 13.1 Å². The zero-order valence-corrected chi connectivity index (χ0v) is 9.80. The van der Waals surface area contributed by atoms with Crippen molar-refractivity contribution in [1.29, 1.82) is 0 Å². The lowest BCUT2D eigenvalue weighted by molar-refractivity contribution is -0.147. The van der Waals surface area contributed by atoms with Crippen LogP contribution in [0.5, 0.6) is 0 Å². The molecule has 1 fully saturated rings. The van der Waals surface area contributed by atoms with Crippen molar-refractivity contribution in [2.45, 2.75) is 12.8 Å². The first-order chi connectivity index (χ1) is 8.58. The zero-order valence-electron chi connectivity index (χ0n) is 9.80. The lowest BCUT2D eigenvalue weighted by atomic mass is 10.1. The van der Waals surface area contributed by atoms with Gasteiger partial charge in [0.1, 0.15) is 11.7 Å². The second kappa shape index (κ2) is 5.16. The predicted octanol–water partition coefficient (Wildman–Crippen LogP) is 1.30. The van der Waals surface area contributed by atoms with Crippen molar-refractivity contribution in [2.75, 3.05) is 13.1 Å². The molecule has 96 valence electrons. The topological polar surface area (TPSA) is 57.6 Å². The Morgan fingerprint density at radius 2 is 2.06 bits per heavy atom. The van der Waals surface area contributed by atoms with E-state index >= 15 is 0 Å². The van der Waals surface area contributed by atoms with Gasteiger partial charge in [-0.05, 0) is 30.5 Å². The molecule has 1 aliphatic rings. The quantitative estimate of drug-likeness (QED) is 0.821. The SMILES string of the molecule is O=C(O)C1CCN(CCc2ccc(F)cc2)C1=O. The summed E-state index contributed by atoms with van der Waals surface area (Å²) in [6, 6.07) is 6.09. The molecule has 1 heterocycles. The maximum absolute atomic E-state index is 12.7. The van der Waals surface area contributed by atoms with E-state index in [2.05, 4.69) is 0 Å². The van der Waals surface area contributed by atoms with Crippen LogP contribution in [0.2, 0.25) is 0 Å². The molecule has 0 bridgehead atoms. The van der Waals surface area contributed by atoms with Gasteiger partial charge >= 0.3 is 5.97 Å². The van der Waals surface area contributed by atoms with Crippen LogP contribution in [0.1, 0.15) is 12.0 Å². The van der Waals surface area contributed by atoms with E-state index in [0.29, 0.717) is 25.9 Å². The van der Waals surface area contributed by atoms with E-state index in [-0.39, 0.29) is 11.7 Å². The van der Waals surface area contributed by atoms with Crippen molar-refractivity contribution in [2.24, 2.45) is 5.92 Å². The molecule has 1 aliphatic heterocycles. The number of hydrogen-bond acceptors (Lipinski definition) is 2. The van der Waals surface area contributed by atoms with E-state index < -0.39 is 11.9 Å². The van der Waals surface area contributed by atoms with Crippen molar-refractivity contribution in [3.05, 3.63) is 35.6 Å². The number of hydrogen-bond donors (Lipinski definition) is 1. The van der Waals surface area contributed by atoms with Crippen LogP contribution in [0.4, 0.5) is 4.39 Å². The highest BCUT2D eigenvalue weighted by molar-refractivity contribution is 5.98. The minimum absolute atomic E-state index is 0.290. The number of carboxylic acid groups (broad SMARTS) is 1. The number of benzene rings is 1. The summed E-state index contributed by atoms with van der Waals surface area (Å²) in [6.45, 7) is 0.964. The standard InChI is InChI=1S/C13H14FNO3/c14-10-3-1-9(2-4-10)5-7-15-8-6-11(12(15)16)13(17)18/h1-4,11H,5-8H2,(H,17,18). The number of halogens is 1. The molecule has 1 aromatic carbocycles. The van der Waals surface area contributed by atoms with E-state index in [9.17, 15) is 14.0 Å². The van der Waals surface area contributed by atoms with E-state index in [1.165, 1.54) is 12.1 Å². The van der Waals surface area contributed by atoms with Crippen molar-refractivity contribution >= 4 is 11.9 Å². The smallest absolute Gasteiger partial charge is 0.316 e. The van der Waals surface area contributed by atoms with Crippen LogP contribution in [0.3, 0.4) is 0 Å². The normalized spacial score (nSPS) is 19.3. The van der Waals surface area contributed by atoms with Gasteiger partial charge in [-0.1, -0.05) is 12.1 Å². The van der Waals surface area contributed by atoms with Crippen LogP contribution < -0.4 is 0 Å². The molecule has 1 amide bonds. The third kappa shape index (κ3) is 2.67. The van der Waals surface area contributed by atoms with Gasteiger partial charge in [0.05, 0.1) is 0 Å². The minimum atomic E-state index is -1.05. The fraction of sp³-hybridized carbons (Fsp3) is 0.385. The molecular formula is C13H14FNO3. The Balaban J connectivity index is 1.90. The monoisotopic (exact) mass is 251 g/mol. The third-order valence-corrected chi connectivity index (χ3v) is 3.18. The summed E-state index contributed by atoms with van der Waals surface area (Å²) >= 11 is 0. The van der Waals surface area contributed by atoms with Crippen LogP contribution >= 0.6 is 0 Å². The molecule has 0 radical (unpaired) electrons. The summed E-state index contributed by atoms with van der Waals surface area (Å²) in [5, 5.41) is 8.83. The van der Waals surface area contributed by atoms with Gasteiger partial charge in [-0.2, -0.15) is 0 Å². The number of nitrogens with zero attached hydrogens (tertiary/aromatic N) is 1. The molecule has 5 heteroatoms. The third-order valence-electron chi connectivity index (χ3n) is 3.18. The lowest BCUT2D eigenvalue weighted by Gasteiger charge is -2.15. The molecule has 18 heavy (non-hydrogen) atoms. The molecule has 1 aromatic rings. The molecule has 0 saturated carbocycles. The fourth-order valence-corrected chi connectivity index (χ4v) is 2.11. The molecule has 0 aliphatic carbocycles. The van der Waals surface area contributed by atoms with Crippen LogP contribution in [-0.2, 0) is 16.0 Å². The van der Waals surface area contributed by atoms with Gasteiger partial charge in [0.25, 0.3) is 0 Å². The second-order valence-electron chi connectivity index (χ2n) is 4.38. The van der Waals surface area contributed by atoms with Crippen LogP contribution in [-0.4, -0.2) is 35.0 Å². The summed E-state index contributed by atoms with van der Waals surface area (Å²) in [6.07, 6.45) is 0.982. The molecule has 0 aromatic heterocycles. The zero-order chi connectivity index (χ0) is 13.1. The Morgan fingerprint density at radius 3 is 2.61 bits per heavy atom. The second-order valence-corrected chi connectivity index (χ2v) is 4.38. The molecule has 1 N–H and O–H groups in total. The van der Waals surface area contributed by atoms with E-state index in [1.807, 2.05) is 0 Å². The average Bonchev–Trinajstić information content (AvgIpc) is 2.70. The Hall–Kier alpha value is -1.91. The minimum Gasteiger partial charge on any atom is -0.481 e. The Kier molecular flexibility index (Phi) is 3.60. The maximum Gasteiger partial charge on any atom is 0.316 e. The Morgan fingerprint density at radius 1 is 1.39 bits per heavy atom. The summed E-state index contributed by atoms with van der Waals surface area (Å²) < 4.78 is 12.7. The Bertz CT molecular complexity index is 458. The average molecular weight is 251 g/mol. The number of aliphatic carboxylic acids is 1. The van der Waals surface area contributed by atoms with Gasteiger partial charge in [-0.15, -0.1) is 0 Å². The molecule has 0 spiro atoms. The first-order valence-electron chi connectivity index (χ1n) is 5.84. The number of rotatable bonds is 4. The molecule has 2 rings (SSSR count). The van der Waals surface area contributed by atoms with Crippen molar-refractivity contribution < 1.29 is 19.1 Å². The first-order valence-corrected chi connectivity index (χ1v) is 5.84. The van der Waals surface area contributed by atoms with Crippen LogP contribution in [0, 0.1) is 11.7 Å². The molecule has 1 atom stereocenters. The lowest BCUT2D eigenvalue weighted by Crippen LogP contribution is -2.31. The predicted molar refractivity (Wildman–Crippen MR) is 62.4 cm³/mol. The van der Waals surface area contributed by atoms with Crippen LogP contribution in [0.25, 0.3) is 0 Å². The van der Waals surface area contributed by atoms with Gasteiger partial charge in [-0.25, -0.2) is 4.39 Å². The number of carbonyl (C=O) groups excluding carboxylic acids is 1. The van der Waals surface area contributed by atoms with E-state index in [4.69, 9.17) is 5.11 Å². The summed E-state index contributed by atoms with van der Waals surface area (Å²) in [5.41, 5.74) is 0.933. The molecular weight excluding hydrogens is 237 g/mol. The van der Waals surface area contributed by atoms with Gasteiger partial charge in [-0.3, -0.25) is 9.59 Å². The summed E-state index contributed by atoms with van der Waals surface area (Å²) in [5.74, 6) is -2.55. The number of amides is 1. The fourth-order valence-electron chi connectivity index (χ4n) is 2.11. The van der Waals surface area contributed by atoms with Gasteiger partial charge < -0.3 is 10.0 Å². The largest absolute Gasteiger partial charge is 0.481 e. The van der Waals surface area contributed by atoms with E-state index in [0.717, 1.165) is 5.56 Å². The highest BCUT2D eigenvalue weighted by Crippen LogP contribution is 2.18. The maximum atomic E-state index is 12.7. The molecule has 4 nitrogen and oxygen atoms in total. The number of likely N-dealkylation sites (tertiary alicyclic amines) is 1. The molecule has 1 saturated heterocycles. The van der Waals surface area contributed by atoms with Crippen molar-refractivity contribution in [3.63, 3.8) is 0 Å². The summed E-state index contributed by atoms with van der Waals surface area (Å²) in [4.78, 5) is 24.0. The van der Waals surface area contributed by atoms with Crippen LogP contribution in [0.15, 0.2) is 24.3 Å². The first kappa shape index (κ1) is 12.5. The highest BCUT2D eigenvalue weighted by atomic mass is 19.1.